The minimum atomic E-state index is 0.889. The summed E-state index contributed by atoms with van der Waals surface area (Å²) in [6.45, 7) is 0. The molecule has 2 aromatic heterocycles. The molecule has 0 saturated heterocycles. The highest BCUT2D eigenvalue weighted by Gasteiger charge is 2.24. The Labute approximate surface area is 229 Å². The summed E-state index contributed by atoms with van der Waals surface area (Å²) in [4.78, 5) is 0. The van der Waals surface area contributed by atoms with Crippen molar-refractivity contribution < 1.29 is 8.83 Å². The highest BCUT2D eigenvalue weighted by Crippen LogP contribution is 2.50. The summed E-state index contributed by atoms with van der Waals surface area (Å²) in [7, 11) is 0. The highest BCUT2D eigenvalue weighted by molar-refractivity contribution is 6.30. The zero-order chi connectivity index (χ0) is 26.2. The van der Waals surface area contributed by atoms with Crippen LogP contribution in [0.25, 0.3) is 87.7 Å². The molecule has 0 fully saturated rings. The standard InChI is InChI=1S/C38H22O2/c1-2-13-24-23(11-1)12-9-18-25(24)36-27-15-4-3-14-26(27)35(37-29-17-6-8-21-32(29)40-38(36)37)30-19-10-22-33-34(30)28-16-5-7-20-31(28)39-33/h1-22H. The predicted molar refractivity (Wildman–Crippen MR) is 167 cm³/mol. The minimum Gasteiger partial charge on any atom is -0.456 e. The molecule has 0 unspecified atom stereocenters. The molecule has 186 valence electrons. The van der Waals surface area contributed by atoms with Gasteiger partial charge in [-0.3, -0.25) is 0 Å². The monoisotopic (exact) mass is 510 g/mol. The fourth-order valence-corrected chi connectivity index (χ4v) is 6.62. The Balaban J connectivity index is 1.55. The predicted octanol–water partition coefficient (Wildman–Crippen LogP) is 11.1. The van der Waals surface area contributed by atoms with Gasteiger partial charge in [-0.2, -0.15) is 0 Å². The van der Waals surface area contributed by atoms with Gasteiger partial charge < -0.3 is 8.83 Å². The average molecular weight is 511 g/mol. The molecule has 0 N–H and O–H groups in total. The van der Waals surface area contributed by atoms with Crippen LogP contribution in [0.3, 0.4) is 0 Å². The van der Waals surface area contributed by atoms with Crippen LogP contribution in [0.1, 0.15) is 0 Å². The summed E-state index contributed by atoms with van der Waals surface area (Å²) in [5.41, 5.74) is 8.23. The van der Waals surface area contributed by atoms with Crippen molar-refractivity contribution in [1.82, 2.24) is 0 Å². The molecule has 7 aromatic carbocycles. The topological polar surface area (TPSA) is 26.3 Å². The Morgan fingerprint density at radius 3 is 1.65 bits per heavy atom. The van der Waals surface area contributed by atoms with Gasteiger partial charge in [0.2, 0.25) is 0 Å². The van der Waals surface area contributed by atoms with E-state index in [0.717, 1.165) is 55.0 Å². The molecule has 2 heteroatoms. The van der Waals surface area contributed by atoms with E-state index in [1.54, 1.807) is 0 Å². The lowest BCUT2D eigenvalue weighted by Gasteiger charge is -2.16. The SMILES string of the molecule is c1ccc2c(-c3c4ccccc4c(-c4cccc5oc6ccccc6c45)c4c3oc3ccccc34)cccc2c1. The fraction of sp³-hybridized carbons (Fsp3) is 0. The Hall–Kier alpha value is -5.34. The van der Waals surface area contributed by atoms with E-state index in [4.69, 9.17) is 8.83 Å². The maximum absolute atomic E-state index is 6.81. The summed E-state index contributed by atoms with van der Waals surface area (Å²) in [5.74, 6) is 0. The summed E-state index contributed by atoms with van der Waals surface area (Å²) >= 11 is 0. The van der Waals surface area contributed by atoms with Gasteiger partial charge in [0.1, 0.15) is 22.3 Å². The molecule has 0 radical (unpaired) electrons. The van der Waals surface area contributed by atoms with Crippen LogP contribution in [-0.2, 0) is 0 Å². The number of rotatable bonds is 2. The molecule has 0 aliphatic carbocycles. The van der Waals surface area contributed by atoms with Crippen LogP contribution in [0.2, 0.25) is 0 Å². The van der Waals surface area contributed by atoms with E-state index in [0.29, 0.717) is 0 Å². The first-order chi connectivity index (χ1) is 19.9. The fourth-order valence-electron chi connectivity index (χ4n) is 6.62. The minimum absolute atomic E-state index is 0.889. The van der Waals surface area contributed by atoms with Crippen molar-refractivity contribution in [2.45, 2.75) is 0 Å². The van der Waals surface area contributed by atoms with E-state index < -0.39 is 0 Å². The molecule has 0 atom stereocenters. The van der Waals surface area contributed by atoms with Gasteiger partial charge in [0.05, 0.1) is 0 Å². The Morgan fingerprint density at radius 2 is 0.850 bits per heavy atom. The van der Waals surface area contributed by atoms with Crippen molar-refractivity contribution in [2.75, 3.05) is 0 Å². The molecule has 0 spiro atoms. The van der Waals surface area contributed by atoms with Gasteiger partial charge >= 0.3 is 0 Å². The molecule has 0 aliphatic heterocycles. The molecule has 40 heavy (non-hydrogen) atoms. The van der Waals surface area contributed by atoms with Crippen LogP contribution in [0, 0.1) is 0 Å². The second kappa shape index (κ2) is 8.08. The molecule has 9 aromatic rings. The van der Waals surface area contributed by atoms with Gasteiger partial charge in [-0.05, 0) is 50.9 Å². The quantitative estimate of drug-likeness (QED) is 0.231. The summed E-state index contributed by atoms with van der Waals surface area (Å²) < 4.78 is 13.1. The maximum Gasteiger partial charge on any atom is 0.144 e. The number of furan rings is 2. The van der Waals surface area contributed by atoms with Crippen LogP contribution >= 0.6 is 0 Å². The van der Waals surface area contributed by atoms with Gasteiger partial charge in [-0.25, -0.2) is 0 Å². The highest BCUT2D eigenvalue weighted by atomic mass is 16.3. The number of hydrogen-bond donors (Lipinski definition) is 0. The van der Waals surface area contributed by atoms with Gasteiger partial charge in [-0.1, -0.05) is 115 Å². The smallest absolute Gasteiger partial charge is 0.144 e. The lowest BCUT2D eigenvalue weighted by atomic mass is 9.85. The van der Waals surface area contributed by atoms with E-state index in [-0.39, 0.29) is 0 Å². The zero-order valence-corrected chi connectivity index (χ0v) is 21.5. The van der Waals surface area contributed by atoms with Crippen molar-refractivity contribution in [1.29, 1.82) is 0 Å². The van der Waals surface area contributed by atoms with Gasteiger partial charge in [0.15, 0.2) is 0 Å². The van der Waals surface area contributed by atoms with E-state index in [9.17, 15) is 0 Å². The first-order valence-electron chi connectivity index (χ1n) is 13.6. The molecule has 2 heterocycles. The third-order valence-corrected chi connectivity index (χ3v) is 8.27. The molecule has 0 saturated carbocycles. The zero-order valence-electron chi connectivity index (χ0n) is 21.5. The van der Waals surface area contributed by atoms with E-state index >= 15 is 0 Å². The molecular weight excluding hydrogens is 488 g/mol. The largest absolute Gasteiger partial charge is 0.456 e. The van der Waals surface area contributed by atoms with Crippen molar-refractivity contribution >= 4 is 65.4 Å². The van der Waals surface area contributed by atoms with Crippen LogP contribution in [0.4, 0.5) is 0 Å². The number of fused-ring (bicyclic) bond motifs is 8. The first kappa shape index (κ1) is 21.6. The molecule has 0 amide bonds. The first-order valence-corrected chi connectivity index (χ1v) is 13.6. The second-order valence-electron chi connectivity index (χ2n) is 10.4. The average Bonchev–Trinajstić information content (AvgIpc) is 3.58. The Morgan fingerprint density at radius 1 is 0.325 bits per heavy atom. The lowest BCUT2D eigenvalue weighted by molar-refractivity contribution is 0.669. The van der Waals surface area contributed by atoms with Gasteiger partial charge in [-0.15, -0.1) is 0 Å². The maximum atomic E-state index is 6.81. The van der Waals surface area contributed by atoms with Crippen molar-refractivity contribution in [3.63, 3.8) is 0 Å². The third kappa shape index (κ3) is 2.88. The lowest BCUT2D eigenvalue weighted by Crippen LogP contribution is -1.90. The van der Waals surface area contributed by atoms with E-state index in [1.165, 1.54) is 32.7 Å². The molecule has 0 bridgehead atoms. The summed E-state index contributed by atoms with van der Waals surface area (Å²) in [6.07, 6.45) is 0. The van der Waals surface area contributed by atoms with Crippen LogP contribution in [-0.4, -0.2) is 0 Å². The third-order valence-electron chi connectivity index (χ3n) is 8.27. The number of para-hydroxylation sites is 2. The second-order valence-corrected chi connectivity index (χ2v) is 10.4. The Kier molecular flexibility index (Phi) is 4.36. The van der Waals surface area contributed by atoms with Crippen molar-refractivity contribution in [3.8, 4) is 22.3 Å². The molecule has 0 aliphatic rings. The van der Waals surface area contributed by atoms with E-state index in [1.807, 2.05) is 18.2 Å². The molecular formula is C38H22O2. The summed E-state index contributed by atoms with van der Waals surface area (Å²) in [6, 6.07) is 47.0. The van der Waals surface area contributed by atoms with Crippen LogP contribution in [0.15, 0.2) is 142 Å². The van der Waals surface area contributed by atoms with Crippen molar-refractivity contribution in [2.24, 2.45) is 0 Å². The molecule has 9 rings (SSSR count). The van der Waals surface area contributed by atoms with E-state index in [2.05, 4.69) is 115 Å². The van der Waals surface area contributed by atoms with Gasteiger partial charge in [0.25, 0.3) is 0 Å². The van der Waals surface area contributed by atoms with Crippen molar-refractivity contribution in [3.05, 3.63) is 133 Å². The normalized spacial score (nSPS) is 12.0. The van der Waals surface area contributed by atoms with Crippen LogP contribution in [0.5, 0.6) is 0 Å². The Bertz CT molecular complexity index is 2430. The summed E-state index contributed by atoms with van der Waals surface area (Å²) in [5, 5.41) is 9.30. The van der Waals surface area contributed by atoms with Gasteiger partial charge in [0, 0.05) is 32.7 Å². The molecule has 2 nitrogen and oxygen atoms in total. The van der Waals surface area contributed by atoms with Crippen LogP contribution < -0.4 is 0 Å². The number of benzene rings is 7. The number of hydrogen-bond acceptors (Lipinski definition) is 2.